The predicted octanol–water partition coefficient (Wildman–Crippen LogP) is 2.84. The Balaban J connectivity index is 0.000000254. The molecule has 0 aromatic heterocycles. The van der Waals surface area contributed by atoms with Crippen LogP contribution < -0.4 is 21.5 Å². The first kappa shape index (κ1) is 19.6. The van der Waals surface area contributed by atoms with Gasteiger partial charge in [0.05, 0.1) is 13.2 Å². The molecule has 1 fully saturated rings. The van der Waals surface area contributed by atoms with Crippen LogP contribution in [0.25, 0.3) is 0 Å². The largest absolute Gasteiger partial charge is 0.497 e. The van der Waals surface area contributed by atoms with Crippen molar-refractivity contribution >= 4 is 12.1 Å². The number of hydrogen-bond acceptors (Lipinski definition) is 4. The normalized spacial score (nSPS) is 15.4. The zero-order chi connectivity index (χ0) is 17.9. The van der Waals surface area contributed by atoms with Crippen molar-refractivity contribution in [3.05, 3.63) is 29.8 Å². The van der Waals surface area contributed by atoms with Crippen LogP contribution in [-0.2, 0) is 4.74 Å². The quantitative estimate of drug-likeness (QED) is 0.783. The van der Waals surface area contributed by atoms with E-state index >= 15 is 0 Å². The zero-order valence-electron chi connectivity index (χ0n) is 14.3. The van der Waals surface area contributed by atoms with Gasteiger partial charge >= 0.3 is 12.1 Å². The summed E-state index contributed by atoms with van der Waals surface area (Å²) >= 11 is 0. The van der Waals surface area contributed by atoms with Crippen LogP contribution in [0.15, 0.2) is 24.3 Å². The van der Waals surface area contributed by atoms with E-state index in [-0.39, 0.29) is 12.1 Å². The second-order valence-electron chi connectivity index (χ2n) is 5.70. The molecular formula is C17H27N3O4. The van der Waals surface area contributed by atoms with Gasteiger partial charge in [-0.05, 0) is 50.3 Å². The van der Waals surface area contributed by atoms with Crippen molar-refractivity contribution in [2.24, 2.45) is 11.5 Å². The van der Waals surface area contributed by atoms with Gasteiger partial charge in [-0.3, -0.25) is 0 Å². The van der Waals surface area contributed by atoms with Gasteiger partial charge in [-0.2, -0.15) is 0 Å². The van der Waals surface area contributed by atoms with Crippen LogP contribution in [0.5, 0.6) is 5.75 Å². The highest BCUT2D eigenvalue weighted by atomic mass is 16.6. The third kappa shape index (κ3) is 7.71. The molecule has 1 unspecified atom stereocenters. The van der Waals surface area contributed by atoms with Crippen molar-refractivity contribution < 1.29 is 19.1 Å². The Kier molecular flexibility index (Phi) is 8.46. The summed E-state index contributed by atoms with van der Waals surface area (Å²) in [6.45, 7) is 1.86. The molecule has 0 bridgehead atoms. The lowest BCUT2D eigenvalue weighted by molar-refractivity contribution is 0.0829. The van der Waals surface area contributed by atoms with Crippen LogP contribution in [0, 0.1) is 0 Å². The van der Waals surface area contributed by atoms with Crippen molar-refractivity contribution in [1.29, 1.82) is 0 Å². The highest BCUT2D eigenvalue weighted by Gasteiger charge is 2.15. The van der Waals surface area contributed by atoms with Crippen LogP contribution in [-0.4, -0.2) is 25.3 Å². The number of methoxy groups -OCH3 is 1. The van der Waals surface area contributed by atoms with Gasteiger partial charge in [-0.1, -0.05) is 18.6 Å². The maximum atomic E-state index is 10.6. The maximum absolute atomic E-state index is 10.6. The molecule has 0 aliphatic heterocycles. The van der Waals surface area contributed by atoms with Crippen molar-refractivity contribution in [2.45, 2.75) is 51.2 Å². The van der Waals surface area contributed by atoms with Gasteiger partial charge in [-0.25, -0.2) is 9.59 Å². The molecule has 0 spiro atoms. The zero-order valence-corrected chi connectivity index (χ0v) is 14.3. The maximum Gasteiger partial charge on any atom is 0.404 e. The Hall–Kier alpha value is -2.44. The molecule has 3 amide bonds. The monoisotopic (exact) mass is 337 g/mol. The van der Waals surface area contributed by atoms with Crippen molar-refractivity contribution in [2.75, 3.05) is 7.11 Å². The lowest BCUT2D eigenvalue weighted by Gasteiger charge is -2.20. The van der Waals surface area contributed by atoms with E-state index in [0.29, 0.717) is 0 Å². The lowest BCUT2D eigenvalue weighted by atomic mass is 9.98. The average Bonchev–Trinajstić information content (AvgIpc) is 2.55. The fraction of sp³-hybridized carbons (Fsp3) is 0.529. The number of nitrogens with one attached hydrogen (secondary N) is 1. The summed E-state index contributed by atoms with van der Waals surface area (Å²) in [5.41, 5.74) is 10.8. The van der Waals surface area contributed by atoms with Crippen LogP contribution in [0.4, 0.5) is 9.59 Å². The topological polar surface area (TPSA) is 117 Å². The molecule has 1 aliphatic carbocycles. The molecule has 1 aliphatic rings. The van der Waals surface area contributed by atoms with E-state index in [1.165, 1.54) is 6.42 Å². The highest BCUT2D eigenvalue weighted by molar-refractivity contribution is 5.72. The summed E-state index contributed by atoms with van der Waals surface area (Å²) in [6, 6.07) is 6.85. The van der Waals surface area contributed by atoms with E-state index in [2.05, 4.69) is 5.32 Å². The number of nitrogens with two attached hydrogens (primary N) is 2. The molecule has 0 heterocycles. The van der Waals surface area contributed by atoms with E-state index in [9.17, 15) is 9.59 Å². The molecule has 0 radical (unpaired) electrons. The number of carbonyl (C=O) groups is 2. The molecule has 5 N–H and O–H groups in total. The van der Waals surface area contributed by atoms with Crippen LogP contribution in [0.3, 0.4) is 0 Å². The van der Waals surface area contributed by atoms with E-state index in [1.807, 2.05) is 31.2 Å². The van der Waals surface area contributed by atoms with Crippen LogP contribution in [0.2, 0.25) is 0 Å². The van der Waals surface area contributed by atoms with E-state index in [1.54, 1.807) is 7.11 Å². The van der Waals surface area contributed by atoms with E-state index in [0.717, 1.165) is 37.0 Å². The van der Waals surface area contributed by atoms with Gasteiger partial charge in [0.1, 0.15) is 11.9 Å². The molecule has 7 heteroatoms. The van der Waals surface area contributed by atoms with Crippen molar-refractivity contribution in [3.8, 4) is 5.75 Å². The smallest absolute Gasteiger partial charge is 0.404 e. The SMILES string of the molecule is COc1cccc(C(C)NC(N)=O)c1.NC(=O)OC1CCCCC1. The Morgan fingerprint density at radius 3 is 2.42 bits per heavy atom. The Bertz CT molecular complexity index is 530. The number of ether oxygens (including phenoxy) is 2. The lowest BCUT2D eigenvalue weighted by Crippen LogP contribution is -2.31. The van der Waals surface area contributed by atoms with Gasteiger partial charge in [0.15, 0.2) is 0 Å². The third-order valence-electron chi connectivity index (χ3n) is 3.79. The van der Waals surface area contributed by atoms with E-state index in [4.69, 9.17) is 20.9 Å². The second kappa shape index (κ2) is 10.4. The van der Waals surface area contributed by atoms with Crippen molar-refractivity contribution in [1.82, 2.24) is 5.32 Å². The summed E-state index contributed by atoms with van der Waals surface area (Å²) in [5.74, 6) is 0.764. The Morgan fingerprint density at radius 1 is 1.21 bits per heavy atom. The Morgan fingerprint density at radius 2 is 1.88 bits per heavy atom. The molecule has 2 rings (SSSR count). The number of hydrogen-bond donors (Lipinski definition) is 3. The summed E-state index contributed by atoms with van der Waals surface area (Å²) in [5, 5.41) is 2.59. The summed E-state index contributed by atoms with van der Waals surface area (Å²) in [4.78, 5) is 20.9. The summed E-state index contributed by atoms with van der Waals surface area (Å²) in [7, 11) is 1.60. The number of benzene rings is 1. The Labute approximate surface area is 142 Å². The number of amides is 3. The molecule has 1 aromatic rings. The van der Waals surface area contributed by atoms with E-state index < -0.39 is 12.1 Å². The van der Waals surface area contributed by atoms with Crippen LogP contribution in [0.1, 0.15) is 50.6 Å². The first-order valence-electron chi connectivity index (χ1n) is 8.08. The predicted molar refractivity (Wildman–Crippen MR) is 91.7 cm³/mol. The fourth-order valence-electron chi connectivity index (χ4n) is 2.55. The molecular weight excluding hydrogens is 310 g/mol. The molecule has 0 saturated heterocycles. The number of urea groups is 1. The molecule has 24 heavy (non-hydrogen) atoms. The fourth-order valence-corrected chi connectivity index (χ4v) is 2.55. The number of primary amides is 2. The minimum Gasteiger partial charge on any atom is -0.497 e. The van der Waals surface area contributed by atoms with Gasteiger partial charge < -0.3 is 26.3 Å². The number of carbonyl (C=O) groups excluding carboxylic acids is 2. The highest BCUT2D eigenvalue weighted by Crippen LogP contribution is 2.20. The van der Waals surface area contributed by atoms with Gasteiger partial charge in [-0.15, -0.1) is 0 Å². The molecule has 1 atom stereocenters. The molecule has 1 saturated carbocycles. The van der Waals surface area contributed by atoms with Crippen molar-refractivity contribution in [3.63, 3.8) is 0 Å². The summed E-state index contributed by atoms with van der Waals surface area (Å²) < 4.78 is 9.90. The summed E-state index contributed by atoms with van der Waals surface area (Å²) in [6.07, 6.45) is 5.04. The first-order chi connectivity index (χ1) is 11.4. The van der Waals surface area contributed by atoms with Gasteiger partial charge in [0, 0.05) is 0 Å². The third-order valence-corrected chi connectivity index (χ3v) is 3.79. The number of rotatable bonds is 4. The van der Waals surface area contributed by atoms with Gasteiger partial charge in [0.25, 0.3) is 0 Å². The minimum absolute atomic E-state index is 0.103. The first-order valence-corrected chi connectivity index (χ1v) is 8.08. The minimum atomic E-state index is -0.632. The van der Waals surface area contributed by atoms with Crippen LogP contribution >= 0.6 is 0 Å². The molecule has 134 valence electrons. The molecule has 1 aromatic carbocycles. The second-order valence-corrected chi connectivity index (χ2v) is 5.70. The average molecular weight is 337 g/mol. The standard InChI is InChI=1S/C10H14N2O2.C7H13NO2/c1-7(12-10(11)13)8-4-3-5-9(6-8)14-2;8-7(9)10-6-4-2-1-3-5-6/h3-7H,1-2H3,(H3,11,12,13);6H,1-5H2,(H2,8,9). The van der Waals surface area contributed by atoms with Gasteiger partial charge in [0.2, 0.25) is 0 Å². The molecule has 7 nitrogen and oxygen atoms in total.